The van der Waals surface area contributed by atoms with Gasteiger partial charge in [0.15, 0.2) is 5.65 Å². The lowest BCUT2D eigenvalue weighted by molar-refractivity contribution is -0.274. The van der Waals surface area contributed by atoms with Crippen LogP contribution in [0.4, 0.5) is 24.7 Å². The maximum atomic E-state index is 12.4. The first-order valence-corrected chi connectivity index (χ1v) is 10.5. The van der Waals surface area contributed by atoms with E-state index in [2.05, 4.69) is 20.1 Å². The molecule has 0 aliphatic carbocycles. The molecular formula is C23H22F3N5O. The SMILES string of the molecule is Cc1cc2nc(NC3CCN(c4ccc(OC(F)(F)F)cc4)CC3)c3ccccc3n2n1. The molecule has 0 amide bonds. The Morgan fingerprint density at radius 3 is 2.47 bits per heavy atom. The monoisotopic (exact) mass is 441 g/mol. The average molecular weight is 441 g/mol. The van der Waals surface area contributed by atoms with Crippen molar-refractivity contribution in [1.82, 2.24) is 14.6 Å². The molecule has 1 aliphatic heterocycles. The van der Waals surface area contributed by atoms with Crippen molar-refractivity contribution in [2.75, 3.05) is 23.3 Å². The van der Waals surface area contributed by atoms with Gasteiger partial charge in [0.05, 0.1) is 11.2 Å². The molecule has 0 saturated carbocycles. The third-order valence-corrected chi connectivity index (χ3v) is 5.70. The summed E-state index contributed by atoms with van der Waals surface area (Å²) in [5.74, 6) is 0.640. The maximum absolute atomic E-state index is 12.4. The molecule has 0 unspecified atom stereocenters. The van der Waals surface area contributed by atoms with Gasteiger partial charge in [-0.05, 0) is 56.2 Å². The standard InChI is InChI=1S/C23H22F3N5O/c1-15-14-21-28-22(19-4-2-3-5-20(19)31(21)29-15)27-16-10-12-30(13-11-16)17-6-8-18(9-7-17)32-23(24,25)26/h2-9,14,16H,10-13H2,1H3,(H,27,28). The number of alkyl halides is 3. The van der Waals surface area contributed by atoms with Crippen LogP contribution in [-0.2, 0) is 0 Å². The quantitative estimate of drug-likeness (QED) is 0.474. The zero-order valence-electron chi connectivity index (χ0n) is 17.4. The van der Waals surface area contributed by atoms with Gasteiger partial charge >= 0.3 is 6.36 Å². The topological polar surface area (TPSA) is 54.7 Å². The highest BCUT2D eigenvalue weighted by atomic mass is 19.4. The predicted molar refractivity (Wildman–Crippen MR) is 117 cm³/mol. The van der Waals surface area contributed by atoms with Crippen molar-refractivity contribution < 1.29 is 17.9 Å². The van der Waals surface area contributed by atoms with Crippen LogP contribution in [0.1, 0.15) is 18.5 Å². The molecular weight excluding hydrogens is 419 g/mol. The van der Waals surface area contributed by atoms with E-state index in [9.17, 15) is 13.2 Å². The Bertz CT molecular complexity index is 1240. The summed E-state index contributed by atoms with van der Waals surface area (Å²) in [5.41, 5.74) is 3.62. The van der Waals surface area contributed by atoms with Crippen molar-refractivity contribution in [2.45, 2.75) is 32.2 Å². The number of nitrogens with one attached hydrogen (secondary N) is 1. The lowest BCUT2D eigenvalue weighted by atomic mass is 10.0. The molecule has 0 atom stereocenters. The minimum absolute atomic E-state index is 0.207. The van der Waals surface area contributed by atoms with E-state index in [1.165, 1.54) is 12.1 Å². The summed E-state index contributed by atoms with van der Waals surface area (Å²) in [6, 6.07) is 16.3. The van der Waals surface area contributed by atoms with Crippen LogP contribution in [0, 0.1) is 6.92 Å². The summed E-state index contributed by atoms with van der Waals surface area (Å²) in [6.07, 6.45) is -2.90. The summed E-state index contributed by atoms with van der Waals surface area (Å²) in [6.45, 7) is 3.54. The van der Waals surface area contributed by atoms with Crippen molar-refractivity contribution in [1.29, 1.82) is 0 Å². The van der Waals surface area contributed by atoms with Crippen molar-refractivity contribution in [3.05, 3.63) is 60.3 Å². The van der Waals surface area contributed by atoms with Gasteiger partial charge < -0.3 is 15.0 Å². The molecule has 1 saturated heterocycles. The van der Waals surface area contributed by atoms with Crippen molar-refractivity contribution in [3.63, 3.8) is 0 Å². The Balaban J connectivity index is 1.28. The predicted octanol–water partition coefficient (Wildman–Crippen LogP) is 5.17. The van der Waals surface area contributed by atoms with Crippen LogP contribution >= 0.6 is 0 Å². The number of piperidine rings is 1. The first kappa shape index (κ1) is 20.4. The van der Waals surface area contributed by atoms with Gasteiger partial charge in [-0.25, -0.2) is 9.50 Å². The molecule has 0 bridgehead atoms. The van der Waals surface area contributed by atoms with E-state index in [0.717, 1.165) is 59.7 Å². The molecule has 32 heavy (non-hydrogen) atoms. The van der Waals surface area contributed by atoms with Gasteiger partial charge in [-0.15, -0.1) is 13.2 Å². The highest BCUT2D eigenvalue weighted by molar-refractivity contribution is 5.91. The van der Waals surface area contributed by atoms with E-state index in [0.29, 0.717) is 0 Å². The Morgan fingerprint density at radius 2 is 1.75 bits per heavy atom. The van der Waals surface area contributed by atoms with E-state index in [1.54, 1.807) is 12.1 Å². The second-order valence-corrected chi connectivity index (χ2v) is 7.98. The first-order valence-electron chi connectivity index (χ1n) is 10.5. The van der Waals surface area contributed by atoms with E-state index in [4.69, 9.17) is 4.98 Å². The lowest BCUT2D eigenvalue weighted by Crippen LogP contribution is -2.39. The molecule has 5 rings (SSSR count). The molecule has 2 aromatic heterocycles. The zero-order valence-corrected chi connectivity index (χ0v) is 17.4. The van der Waals surface area contributed by atoms with Crippen molar-refractivity contribution in [2.24, 2.45) is 0 Å². The minimum Gasteiger partial charge on any atom is -0.406 e. The zero-order chi connectivity index (χ0) is 22.3. The third-order valence-electron chi connectivity index (χ3n) is 5.70. The van der Waals surface area contributed by atoms with Crippen LogP contribution in [-0.4, -0.2) is 40.1 Å². The van der Waals surface area contributed by atoms with Gasteiger partial charge in [-0.2, -0.15) is 5.10 Å². The second-order valence-electron chi connectivity index (χ2n) is 7.98. The summed E-state index contributed by atoms with van der Waals surface area (Å²) >= 11 is 0. The Kier molecular flexibility index (Phi) is 5.03. The number of para-hydroxylation sites is 1. The smallest absolute Gasteiger partial charge is 0.406 e. The lowest BCUT2D eigenvalue weighted by Gasteiger charge is -2.34. The molecule has 6 nitrogen and oxygen atoms in total. The summed E-state index contributed by atoms with van der Waals surface area (Å²) < 4.78 is 42.9. The van der Waals surface area contributed by atoms with Crippen LogP contribution in [0.3, 0.4) is 0 Å². The number of ether oxygens (including phenoxy) is 1. The number of hydrogen-bond donors (Lipinski definition) is 1. The van der Waals surface area contributed by atoms with Crippen LogP contribution in [0.2, 0.25) is 0 Å². The molecule has 166 valence electrons. The number of hydrogen-bond acceptors (Lipinski definition) is 5. The molecule has 1 fully saturated rings. The molecule has 9 heteroatoms. The number of nitrogens with zero attached hydrogens (tertiary/aromatic N) is 4. The van der Waals surface area contributed by atoms with Gasteiger partial charge in [0.25, 0.3) is 0 Å². The summed E-state index contributed by atoms with van der Waals surface area (Å²) in [4.78, 5) is 6.98. The number of fused-ring (bicyclic) bond motifs is 3. The first-order chi connectivity index (χ1) is 15.4. The number of anilines is 2. The van der Waals surface area contributed by atoms with Crippen molar-refractivity contribution in [3.8, 4) is 5.75 Å². The van der Waals surface area contributed by atoms with E-state index in [-0.39, 0.29) is 11.8 Å². The van der Waals surface area contributed by atoms with Crippen LogP contribution in [0.25, 0.3) is 16.6 Å². The molecule has 3 heterocycles. The number of aryl methyl sites for hydroxylation is 1. The molecule has 1 aliphatic rings. The fraction of sp³-hybridized carbons (Fsp3) is 0.304. The van der Waals surface area contributed by atoms with E-state index < -0.39 is 6.36 Å². The number of halogens is 3. The molecule has 0 radical (unpaired) electrons. The Labute approximate surface area is 182 Å². The molecule has 0 spiro atoms. The van der Waals surface area contributed by atoms with Gasteiger partial charge in [0, 0.05) is 36.3 Å². The van der Waals surface area contributed by atoms with E-state index >= 15 is 0 Å². The highest BCUT2D eigenvalue weighted by Crippen LogP contribution is 2.29. The van der Waals surface area contributed by atoms with Crippen molar-refractivity contribution >= 4 is 28.1 Å². The van der Waals surface area contributed by atoms with E-state index in [1.807, 2.05) is 41.8 Å². The third kappa shape index (κ3) is 4.15. The normalized spacial score (nSPS) is 15.4. The fourth-order valence-corrected chi connectivity index (χ4v) is 4.22. The maximum Gasteiger partial charge on any atom is 0.573 e. The number of aromatic nitrogens is 3. The Hall–Kier alpha value is -3.49. The van der Waals surface area contributed by atoms with Gasteiger partial charge in [-0.1, -0.05) is 12.1 Å². The molecule has 4 aromatic rings. The van der Waals surface area contributed by atoms with Crippen LogP contribution in [0.15, 0.2) is 54.6 Å². The molecule has 2 aromatic carbocycles. The second kappa shape index (κ2) is 7.89. The van der Waals surface area contributed by atoms with Gasteiger partial charge in [0.1, 0.15) is 11.6 Å². The van der Waals surface area contributed by atoms with Crippen LogP contribution < -0.4 is 15.0 Å². The number of rotatable bonds is 4. The van der Waals surface area contributed by atoms with Crippen LogP contribution in [0.5, 0.6) is 5.75 Å². The fourth-order valence-electron chi connectivity index (χ4n) is 4.22. The Morgan fingerprint density at radius 1 is 1.03 bits per heavy atom. The highest BCUT2D eigenvalue weighted by Gasteiger charge is 2.31. The largest absolute Gasteiger partial charge is 0.573 e. The minimum atomic E-state index is -4.68. The average Bonchev–Trinajstić information content (AvgIpc) is 3.14. The van der Waals surface area contributed by atoms with Gasteiger partial charge in [-0.3, -0.25) is 0 Å². The molecule has 1 N–H and O–H groups in total. The summed E-state index contributed by atoms with van der Waals surface area (Å²) in [5, 5.41) is 9.17. The van der Waals surface area contributed by atoms with Gasteiger partial charge in [0.2, 0.25) is 0 Å². The summed E-state index contributed by atoms with van der Waals surface area (Å²) in [7, 11) is 0. The number of benzene rings is 2.